The SMILES string of the molecule is Cc1ccccc1NC(=O)N1CCC(Oc2ccc(N(C)C)nn2)C1. The molecule has 2 aromatic rings. The number of ether oxygens (including phenoxy) is 1. The van der Waals surface area contributed by atoms with E-state index >= 15 is 0 Å². The minimum Gasteiger partial charge on any atom is -0.471 e. The zero-order chi connectivity index (χ0) is 17.8. The number of hydrogen-bond donors (Lipinski definition) is 1. The summed E-state index contributed by atoms with van der Waals surface area (Å²) in [7, 11) is 3.82. The Labute approximate surface area is 147 Å². The van der Waals surface area contributed by atoms with E-state index in [1.165, 1.54) is 0 Å². The van der Waals surface area contributed by atoms with Crippen molar-refractivity contribution in [1.82, 2.24) is 15.1 Å². The summed E-state index contributed by atoms with van der Waals surface area (Å²) in [5.41, 5.74) is 1.88. The fourth-order valence-electron chi connectivity index (χ4n) is 2.70. The van der Waals surface area contributed by atoms with Crippen LogP contribution < -0.4 is 15.0 Å². The first-order valence-electron chi connectivity index (χ1n) is 8.32. The lowest BCUT2D eigenvalue weighted by Crippen LogP contribution is -2.34. The lowest BCUT2D eigenvalue weighted by molar-refractivity contribution is 0.188. The van der Waals surface area contributed by atoms with Crippen LogP contribution in [0.5, 0.6) is 5.88 Å². The summed E-state index contributed by atoms with van der Waals surface area (Å²) in [5.74, 6) is 1.26. The van der Waals surface area contributed by atoms with Crippen LogP contribution in [-0.2, 0) is 0 Å². The van der Waals surface area contributed by atoms with Crippen molar-refractivity contribution in [3.63, 3.8) is 0 Å². The number of amides is 2. The third kappa shape index (κ3) is 4.17. The molecule has 25 heavy (non-hydrogen) atoms. The van der Waals surface area contributed by atoms with Gasteiger partial charge in [0.2, 0.25) is 5.88 Å². The zero-order valence-electron chi connectivity index (χ0n) is 14.8. The Morgan fingerprint density at radius 3 is 2.72 bits per heavy atom. The van der Waals surface area contributed by atoms with E-state index in [-0.39, 0.29) is 12.1 Å². The minimum absolute atomic E-state index is 0.0675. The van der Waals surface area contributed by atoms with E-state index < -0.39 is 0 Å². The van der Waals surface area contributed by atoms with Crippen LogP contribution in [-0.4, -0.2) is 54.4 Å². The molecule has 7 nitrogen and oxygen atoms in total. The van der Waals surface area contributed by atoms with Crippen molar-refractivity contribution in [2.24, 2.45) is 0 Å². The van der Waals surface area contributed by atoms with Crippen LogP contribution in [0.3, 0.4) is 0 Å². The maximum Gasteiger partial charge on any atom is 0.321 e. The smallest absolute Gasteiger partial charge is 0.321 e. The molecular formula is C18H23N5O2. The number of likely N-dealkylation sites (tertiary alicyclic amines) is 1. The molecule has 1 atom stereocenters. The number of urea groups is 1. The zero-order valence-corrected chi connectivity index (χ0v) is 14.8. The molecule has 3 rings (SSSR count). The van der Waals surface area contributed by atoms with Crippen molar-refractivity contribution >= 4 is 17.5 Å². The number of anilines is 2. The largest absolute Gasteiger partial charge is 0.471 e. The van der Waals surface area contributed by atoms with Crippen LogP contribution in [0.2, 0.25) is 0 Å². The average Bonchev–Trinajstić information content (AvgIpc) is 3.06. The highest BCUT2D eigenvalue weighted by molar-refractivity contribution is 5.90. The van der Waals surface area contributed by atoms with Gasteiger partial charge in [-0.25, -0.2) is 4.79 Å². The number of hydrogen-bond acceptors (Lipinski definition) is 5. The van der Waals surface area contributed by atoms with Gasteiger partial charge in [0.25, 0.3) is 0 Å². The third-order valence-corrected chi connectivity index (χ3v) is 4.19. The number of benzene rings is 1. The molecule has 132 valence electrons. The third-order valence-electron chi connectivity index (χ3n) is 4.19. The van der Waals surface area contributed by atoms with E-state index in [0.717, 1.165) is 23.5 Å². The standard InChI is InChI=1S/C18H23N5O2/c1-13-6-4-5-7-15(13)19-18(24)23-11-10-14(12-23)25-17-9-8-16(20-21-17)22(2)3/h4-9,14H,10-12H2,1-3H3,(H,19,24). The summed E-state index contributed by atoms with van der Waals surface area (Å²) in [6, 6.07) is 11.3. The summed E-state index contributed by atoms with van der Waals surface area (Å²) >= 11 is 0. The average molecular weight is 341 g/mol. The topological polar surface area (TPSA) is 70.6 Å². The van der Waals surface area contributed by atoms with Crippen LogP contribution >= 0.6 is 0 Å². The van der Waals surface area contributed by atoms with Gasteiger partial charge in [-0.05, 0) is 24.6 Å². The number of aryl methyl sites for hydroxylation is 1. The summed E-state index contributed by atoms with van der Waals surface area (Å²) in [5, 5.41) is 11.1. The maximum atomic E-state index is 12.4. The van der Waals surface area contributed by atoms with Crippen LogP contribution in [0.4, 0.5) is 16.3 Å². The molecule has 0 spiro atoms. The molecule has 1 aliphatic heterocycles. The van der Waals surface area contributed by atoms with Crippen molar-refractivity contribution in [1.29, 1.82) is 0 Å². The fourth-order valence-corrected chi connectivity index (χ4v) is 2.70. The molecule has 0 saturated carbocycles. The summed E-state index contributed by atoms with van der Waals surface area (Å²) in [6.07, 6.45) is 0.709. The highest BCUT2D eigenvalue weighted by Gasteiger charge is 2.28. The molecule has 2 amide bonds. The number of carbonyl (C=O) groups is 1. The van der Waals surface area contributed by atoms with Gasteiger partial charge < -0.3 is 19.9 Å². The van der Waals surface area contributed by atoms with Gasteiger partial charge in [-0.3, -0.25) is 0 Å². The first-order chi connectivity index (χ1) is 12.0. The Hall–Kier alpha value is -2.83. The van der Waals surface area contributed by atoms with Crippen LogP contribution in [0.25, 0.3) is 0 Å². The van der Waals surface area contributed by atoms with Gasteiger partial charge in [0.05, 0.1) is 6.54 Å². The van der Waals surface area contributed by atoms with E-state index in [1.807, 2.05) is 56.3 Å². The van der Waals surface area contributed by atoms with Gasteiger partial charge in [-0.15, -0.1) is 10.2 Å². The van der Waals surface area contributed by atoms with Gasteiger partial charge in [0.1, 0.15) is 6.10 Å². The molecule has 1 saturated heterocycles. The predicted octanol–water partition coefficient (Wildman–Crippen LogP) is 2.54. The van der Waals surface area contributed by atoms with E-state index in [0.29, 0.717) is 19.0 Å². The van der Waals surface area contributed by atoms with Gasteiger partial charge in [-0.1, -0.05) is 18.2 Å². The lowest BCUT2D eigenvalue weighted by Gasteiger charge is -2.18. The molecule has 0 aliphatic carbocycles. The van der Waals surface area contributed by atoms with Crippen molar-refractivity contribution in [3.8, 4) is 5.88 Å². The number of nitrogens with zero attached hydrogens (tertiary/aromatic N) is 4. The molecule has 1 aromatic carbocycles. The maximum absolute atomic E-state index is 12.4. The first-order valence-corrected chi connectivity index (χ1v) is 8.32. The molecule has 1 N–H and O–H groups in total. The van der Waals surface area contributed by atoms with Crippen molar-refractivity contribution in [3.05, 3.63) is 42.0 Å². The Morgan fingerprint density at radius 2 is 2.04 bits per heavy atom. The van der Waals surface area contributed by atoms with Gasteiger partial charge >= 0.3 is 6.03 Å². The molecule has 0 radical (unpaired) electrons. The fraction of sp³-hybridized carbons (Fsp3) is 0.389. The summed E-state index contributed by atoms with van der Waals surface area (Å²) < 4.78 is 5.85. The van der Waals surface area contributed by atoms with Crippen LogP contribution in [0.1, 0.15) is 12.0 Å². The minimum atomic E-state index is -0.102. The van der Waals surface area contributed by atoms with Crippen molar-refractivity contribution in [2.75, 3.05) is 37.4 Å². The molecule has 1 unspecified atom stereocenters. The van der Waals surface area contributed by atoms with Crippen LogP contribution in [0, 0.1) is 6.92 Å². The van der Waals surface area contributed by atoms with E-state index in [1.54, 1.807) is 11.0 Å². The molecule has 0 bridgehead atoms. The highest BCUT2D eigenvalue weighted by Crippen LogP contribution is 2.19. The summed E-state index contributed by atoms with van der Waals surface area (Å²) in [6.45, 7) is 3.17. The van der Waals surface area contributed by atoms with E-state index in [2.05, 4.69) is 15.5 Å². The van der Waals surface area contributed by atoms with Gasteiger partial charge in [0, 0.05) is 38.8 Å². The molecular weight excluding hydrogens is 318 g/mol. The highest BCUT2D eigenvalue weighted by atomic mass is 16.5. The molecule has 1 aromatic heterocycles. The van der Waals surface area contributed by atoms with Gasteiger partial charge in [0.15, 0.2) is 5.82 Å². The van der Waals surface area contributed by atoms with Crippen LogP contribution in [0.15, 0.2) is 36.4 Å². The molecule has 1 fully saturated rings. The number of aromatic nitrogens is 2. The van der Waals surface area contributed by atoms with E-state index in [9.17, 15) is 4.79 Å². The molecule has 1 aliphatic rings. The number of carbonyl (C=O) groups excluding carboxylic acids is 1. The van der Waals surface area contributed by atoms with E-state index in [4.69, 9.17) is 4.74 Å². The normalized spacial score (nSPS) is 16.6. The Bertz CT molecular complexity index is 733. The number of para-hydroxylation sites is 1. The molecule has 7 heteroatoms. The second kappa shape index (κ2) is 7.38. The Kier molecular flexibility index (Phi) is 5.02. The summed E-state index contributed by atoms with van der Waals surface area (Å²) in [4.78, 5) is 16.1. The Morgan fingerprint density at radius 1 is 1.24 bits per heavy atom. The quantitative estimate of drug-likeness (QED) is 0.925. The predicted molar refractivity (Wildman–Crippen MR) is 97.2 cm³/mol. The van der Waals surface area contributed by atoms with Crippen molar-refractivity contribution in [2.45, 2.75) is 19.4 Å². The first kappa shape index (κ1) is 17.0. The van der Waals surface area contributed by atoms with Crippen molar-refractivity contribution < 1.29 is 9.53 Å². The second-order valence-electron chi connectivity index (χ2n) is 6.34. The Balaban J connectivity index is 1.54. The van der Waals surface area contributed by atoms with Gasteiger partial charge in [-0.2, -0.15) is 0 Å². The monoisotopic (exact) mass is 341 g/mol. The lowest BCUT2D eigenvalue weighted by atomic mass is 10.2. The number of rotatable bonds is 4. The number of nitrogens with one attached hydrogen (secondary N) is 1. The molecule has 2 heterocycles. The second-order valence-corrected chi connectivity index (χ2v) is 6.34.